The van der Waals surface area contributed by atoms with Crippen molar-refractivity contribution in [1.82, 2.24) is 0 Å². The van der Waals surface area contributed by atoms with E-state index in [4.69, 9.17) is 9.47 Å². The van der Waals surface area contributed by atoms with Crippen LogP contribution in [0.3, 0.4) is 0 Å². The van der Waals surface area contributed by atoms with Gasteiger partial charge in [-0.05, 0) is 76.5 Å². The van der Waals surface area contributed by atoms with Crippen molar-refractivity contribution in [3.63, 3.8) is 0 Å². The van der Waals surface area contributed by atoms with Crippen molar-refractivity contribution in [1.29, 1.82) is 0 Å². The molecule has 0 spiro atoms. The van der Waals surface area contributed by atoms with E-state index in [0.717, 1.165) is 50.4 Å². The van der Waals surface area contributed by atoms with Gasteiger partial charge in [0.15, 0.2) is 0 Å². The van der Waals surface area contributed by atoms with Crippen molar-refractivity contribution >= 4 is 11.9 Å². The molecule has 2 aliphatic carbocycles. The number of carbonyl (C=O) groups is 2. The fraction of sp³-hybridized carbons (Fsp3) is 0.846. The van der Waals surface area contributed by atoms with Crippen LogP contribution in [0, 0.1) is 17.8 Å². The van der Waals surface area contributed by atoms with Gasteiger partial charge in [-0.2, -0.15) is 0 Å². The molecule has 0 unspecified atom stereocenters. The van der Waals surface area contributed by atoms with E-state index in [9.17, 15) is 9.59 Å². The average molecular weight is 421 g/mol. The maximum Gasteiger partial charge on any atom is 0.333 e. The molecule has 0 saturated heterocycles. The Kier molecular flexibility index (Phi) is 11.5. The van der Waals surface area contributed by atoms with Gasteiger partial charge >= 0.3 is 11.9 Å². The van der Waals surface area contributed by atoms with Crippen LogP contribution in [0.5, 0.6) is 0 Å². The molecule has 30 heavy (non-hydrogen) atoms. The highest BCUT2D eigenvalue weighted by Gasteiger charge is 2.30. The Balaban J connectivity index is 1.49. The molecule has 0 bridgehead atoms. The highest BCUT2D eigenvalue weighted by atomic mass is 16.5. The summed E-state index contributed by atoms with van der Waals surface area (Å²) in [6.07, 6.45) is 17.4. The Morgan fingerprint density at radius 2 is 1.43 bits per heavy atom. The molecule has 2 rings (SSSR count). The predicted molar refractivity (Wildman–Crippen MR) is 121 cm³/mol. The number of carbonyl (C=O) groups excluding carboxylic acids is 2. The van der Waals surface area contributed by atoms with Gasteiger partial charge in [0.25, 0.3) is 0 Å². The van der Waals surface area contributed by atoms with Crippen LogP contribution in [-0.2, 0) is 19.1 Å². The standard InChI is InChI=1S/C26H44O4/c1-4-9-21-13-17-24(18-14-21)30-26(28)23-15-11-22(12-16-23)10-7-5-6-8-19-29-25(27)20(2)3/h21-24H,2,4-19H2,1,3H3. The minimum atomic E-state index is -0.283. The SMILES string of the molecule is C=C(C)C(=O)OCCCCCCC1CCC(C(=O)OC2CCC(CCC)CC2)CC1. The molecule has 0 atom stereocenters. The van der Waals surface area contributed by atoms with Gasteiger partial charge in [-0.1, -0.05) is 52.0 Å². The van der Waals surface area contributed by atoms with Gasteiger partial charge in [0.05, 0.1) is 12.5 Å². The summed E-state index contributed by atoms with van der Waals surface area (Å²) in [5.74, 6) is 1.55. The van der Waals surface area contributed by atoms with Gasteiger partial charge in [0.1, 0.15) is 6.10 Å². The molecule has 4 nitrogen and oxygen atoms in total. The Hall–Kier alpha value is -1.32. The first kappa shape index (κ1) is 24.9. The largest absolute Gasteiger partial charge is 0.462 e. The second-order valence-corrected chi connectivity index (χ2v) is 9.71. The van der Waals surface area contributed by atoms with Gasteiger partial charge in [-0.3, -0.25) is 4.79 Å². The zero-order chi connectivity index (χ0) is 21.8. The van der Waals surface area contributed by atoms with Gasteiger partial charge < -0.3 is 9.47 Å². The number of unbranched alkanes of at least 4 members (excludes halogenated alkanes) is 3. The Labute approximate surface area is 184 Å². The summed E-state index contributed by atoms with van der Waals surface area (Å²) < 4.78 is 11.0. The molecule has 0 aromatic heterocycles. The minimum absolute atomic E-state index is 0.0803. The van der Waals surface area contributed by atoms with E-state index in [1.165, 1.54) is 57.8 Å². The molecule has 2 fully saturated rings. The number of hydrogen-bond donors (Lipinski definition) is 0. The fourth-order valence-electron chi connectivity index (χ4n) is 5.07. The van der Waals surface area contributed by atoms with E-state index >= 15 is 0 Å². The fourth-order valence-corrected chi connectivity index (χ4v) is 5.07. The first-order chi connectivity index (χ1) is 14.5. The van der Waals surface area contributed by atoms with E-state index in [0.29, 0.717) is 12.2 Å². The second-order valence-electron chi connectivity index (χ2n) is 9.71. The Morgan fingerprint density at radius 3 is 2.07 bits per heavy atom. The van der Waals surface area contributed by atoms with Crippen molar-refractivity contribution in [2.75, 3.05) is 6.61 Å². The summed E-state index contributed by atoms with van der Waals surface area (Å²) in [5.41, 5.74) is 0.467. The lowest BCUT2D eigenvalue weighted by Crippen LogP contribution is -2.30. The van der Waals surface area contributed by atoms with Crippen LogP contribution in [-0.4, -0.2) is 24.6 Å². The zero-order valence-electron chi connectivity index (χ0n) is 19.5. The average Bonchev–Trinajstić information content (AvgIpc) is 2.74. The van der Waals surface area contributed by atoms with Gasteiger partial charge in [0.2, 0.25) is 0 Å². The highest BCUT2D eigenvalue weighted by molar-refractivity contribution is 5.86. The number of ether oxygens (including phenoxy) is 2. The maximum absolute atomic E-state index is 12.6. The van der Waals surface area contributed by atoms with Crippen molar-refractivity contribution in [2.24, 2.45) is 17.8 Å². The predicted octanol–water partition coefficient (Wildman–Crippen LogP) is 6.76. The van der Waals surface area contributed by atoms with Crippen LogP contribution in [0.25, 0.3) is 0 Å². The third-order valence-electron chi connectivity index (χ3n) is 7.04. The van der Waals surface area contributed by atoms with Crippen LogP contribution in [0.4, 0.5) is 0 Å². The normalized spacial score (nSPS) is 26.7. The number of hydrogen-bond acceptors (Lipinski definition) is 4. The van der Waals surface area contributed by atoms with Crippen molar-refractivity contribution in [3.8, 4) is 0 Å². The summed E-state index contributed by atoms with van der Waals surface area (Å²) in [6.45, 7) is 8.02. The Morgan fingerprint density at radius 1 is 0.833 bits per heavy atom. The zero-order valence-corrected chi connectivity index (χ0v) is 19.5. The van der Waals surface area contributed by atoms with Gasteiger partial charge in [-0.15, -0.1) is 0 Å². The van der Waals surface area contributed by atoms with Crippen molar-refractivity contribution in [2.45, 2.75) is 116 Å². The van der Waals surface area contributed by atoms with E-state index in [2.05, 4.69) is 13.5 Å². The number of rotatable bonds is 12. The van der Waals surface area contributed by atoms with Crippen molar-refractivity contribution in [3.05, 3.63) is 12.2 Å². The molecule has 172 valence electrons. The molecule has 4 heteroatoms. The minimum Gasteiger partial charge on any atom is -0.462 e. The summed E-state index contributed by atoms with van der Waals surface area (Å²) in [6, 6.07) is 0. The monoisotopic (exact) mass is 420 g/mol. The second kappa shape index (κ2) is 13.9. The number of esters is 2. The molecule has 0 aromatic carbocycles. The summed E-state index contributed by atoms with van der Waals surface area (Å²) >= 11 is 0. The molecule has 0 heterocycles. The molecular weight excluding hydrogens is 376 g/mol. The smallest absolute Gasteiger partial charge is 0.333 e. The molecule has 0 N–H and O–H groups in total. The van der Waals surface area contributed by atoms with Gasteiger partial charge in [-0.25, -0.2) is 4.79 Å². The molecule has 2 aliphatic rings. The molecule has 0 amide bonds. The van der Waals surface area contributed by atoms with E-state index in [-0.39, 0.29) is 24.0 Å². The lowest BCUT2D eigenvalue weighted by molar-refractivity contribution is -0.157. The third-order valence-corrected chi connectivity index (χ3v) is 7.04. The summed E-state index contributed by atoms with van der Waals surface area (Å²) in [4.78, 5) is 23.9. The van der Waals surface area contributed by atoms with Crippen LogP contribution >= 0.6 is 0 Å². The van der Waals surface area contributed by atoms with Crippen molar-refractivity contribution < 1.29 is 19.1 Å². The third kappa shape index (κ3) is 9.22. The molecule has 2 saturated carbocycles. The van der Waals surface area contributed by atoms with Gasteiger partial charge in [0, 0.05) is 5.57 Å². The molecule has 0 aliphatic heterocycles. The topological polar surface area (TPSA) is 52.6 Å². The molecular formula is C26H44O4. The first-order valence-corrected chi connectivity index (χ1v) is 12.5. The lowest BCUT2D eigenvalue weighted by atomic mass is 9.79. The summed E-state index contributed by atoms with van der Waals surface area (Å²) in [7, 11) is 0. The Bertz CT molecular complexity index is 525. The van der Waals surface area contributed by atoms with Crippen LogP contribution < -0.4 is 0 Å². The highest BCUT2D eigenvalue weighted by Crippen LogP contribution is 2.34. The quantitative estimate of drug-likeness (QED) is 0.199. The molecule has 0 radical (unpaired) electrons. The molecule has 0 aromatic rings. The lowest BCUT2D eigenvalue weighted by Gasteiger charge is -2.31. The van der Waals surface area contributed by atoms with E-state index < -0.39 is 0 Å². The van der Waals surface area contributed by atoms with E-state index in [1.807, 2.05) is 0 Å². The van der Waals surface area contributed by atoms with Crippen LogP contribution in [0.15, 0.2) is 12.2 Å². The van der Waals surface area contributed by atoms with E-state index in [1.54, 1.807) is 6.92 Å². The maximum atomic E-state index is 12.6. The summed E-state index contributed by atoms with van der Waals surface area (Å²) in [5, 5.41) is 0. The first-order valence-electron chi connectivity index (χ1n) is 12.5. The van der Waals surface area contributed by atoms with Crippen LogP contribution in [0.2, 0.25) is 0 Å². The van der Waals surface area contributed by atoms with Crippen LogP contribution in [0.1, 0.15) is 110 Å².